The van der Waals surface area contributed by atoms with Gasteiger partial charge in [0, 0.05) is 10.4 Å². The molecule has 0 aliphatic rings. The molecule has 5 nitrogen and oxygen atoms in total. The third-order valence-corrected chi connectivity index (χ3v) is 4.48. The molecule has 2 aromatic rings. The van der Waals surface area contributed by atoms with E-state index in [0.29, 0.717) is 23.8 Å². The quantitative estimate of drug-likeness (QED) is 0.817. The van der Waals surface area contributed by atoms with E-state index < -0.39 is 0 Å². The summed E-state index contributed by atoms with van der Waals surface area (Å²) in [6.45, 7) is 8.71. The van der Waals surface area contributed by atoms with Crippen LogP contribution in [0.3, 0.4) is 0 Å². The zero-order valence-corrected chi connectivity index (χ0v) is 15.2. The molecule has 1 heterocycles. The second-order valence-corrected chi connectivity index (χ2v) is 6.60. The highest BCUT2D eigenvalue weighted by molar-refractivity contribution is 7.15. The molecule has 1 aromatic carbocycles. The minimum atomic E-state index is -0.250. The first-order chi connectivity index (χ1) is 11.5. The van der Waals surface area contributed by atoms with E-state index >= 15 is 0 Å². The highest BCUT2D eigenvalue weighted by atomic mass is 32.1. The maximum absolute atomic E-state index is 9.31. The number of benzene rings is 1. The molecule has 0 aliphatic heterocycles. The Bertz CT molecular complexity index is 718. The van der Waals surface area contributed by atoms with Gasteiger partial charge in [0.05, 0.1) is 17.9 Å². The fourth-order valence-corrected chi connectivity index (χ4v) is 3.01. The fourth-order valence-electron chi connectivity index (χ4n) is 2.01. The van der Waals surface area contributed by atoms with Gasteiger partial charge >= 0.3 is 0 Å². The number of thiazole rings is 1. The number of nitriles is 1. The Hall–Kier alpha value is -2.39. The van der Waals surface area contributed by atoms with Crippen molar-refractivity contribution >= 4 is 17.8 Å². The molecule has 0 amide bonds. The molecule has 0 aliphatic carbocycles. The lowest BCUT2D eigenvalue weighted by Gasteiger charge is -2.10. The van der Waals surface area contributed by atoms with E-state index in [1.165, 1.54) is 4.88 Å². The molecule has 128 valence electrons. The van der Waals surface area contributed by atoms with Crippen LogP contribution >= 0.6 is 11.3 Å². The Morgan fingerprint density at radius 1 is 1.46 bits per heavy atom. The van der Waals surface area contributed by atoms with Gasteiger partial charge in [-0.2, -0.15) is 5.26 Å². The minimum Gasteiger partial charge on any atom is -0.492 e. The lowest BCUT2D eigenvalue weighted by Crippen LogP contribution is -2.05. The predicted octanol–water partition coefficient (Wildman–Crippen LogP) is 4.29. The van der Waals surface area contributed by atoms with E-state index in [9.17, 15) is 5.26 Å². The predicted molar refractivity (Wildman–Crippen MR) is 95.4 cm³/mol. The summed E-state index contributed by atoms with van der Waals surface area (Å²) in [4.78, 5) is 14.3. The lowest BCUT2D eigenvalue weighted by molar-refractivity contribution is -0.122. The standard InChI is InChI=1S/C17H20N2OS.CH2O2/c1-5-16-12(4)19-17(21-16)13-6-7-15(14(8-13)9-18)20-10-11(2)3;2-1-3/h6-8,11H,5,10H2,1-4H3;1H,(H,2,3). The molecule has 0 bridgehead atoms. The number of carbonyl (C=O) groups is 1. The molecule has 0 unspecified atom stereocenters. The summed E-state index contributed by atoms with van der Waals surface area (Å²) in [5.74, 6) is 1.09. The Balaban J connectivity index is 0.000000891. The van der Waals surface area contributed by atoms with Crippen molar-refractivity contribution in [2.75, 3.05) is 6.61 Å². The molecule has 0 spiro atoms. The van der Waals surface area contributed by atoms with Crippen molar-refractivity contribution in [1.82, 2.24) is 4.98 Å². The second kappa shape index (κ2) is 9.68. The van der Waals surface area contributed by atoms with Crippen LogP contribution < -0.4 is 4.74 Å². The Morgan fingerprint density at radius 2 is 2.12 bits per heavy atom. The average molecular weight is 346 g/mol. The van der Waals surface area contributed by atoms with Gasteiger partial charge in [-0.25, -0.2) is 4.98 Å². The highest BCUT2D eigenvalue weighted by Gasteiger charge is 2.11. The van der Waals surface area contributed by atoms with Gasteiger partial charge < -0.3 is 9.84 Å². The number of nitrogens with zero attached hydrogens (tertiary/aromatic N) is 2. The number of hydrogen-bond acceptors (Lipinski definition) is 5. The first-order valence-electron chi connectivity index (χ1n) is 7.68. The van der Waals surface area contributed by atoms with Gasteiger partial charge in [-0.05, 0) is 37.5 Å². The van der Waals surface area contributed by atoms with E-state index in [0.717, 1.165) is 22.7 Å². The molecule has 2 rings (SSSR count). The number of aromatic nitrogens is 1. The van der Waals surface area contributed by atoms with Crippen LogP contribution in [0.5, 0.6) is 5.75 Å². The van der Waals surface area contributed by atoms with Crippen LogP contribution in [0.25, 0.3) is 10.6 Å². The zero-order chi connectivity index (χ0) is 18.1. The van der Waals surface area contributed by atoms with E-state index in [1.54, 1.807) is 11.3 Å². The van der Waals surface area contributed by atoms with Crippen molar-refractivity contribution in [2.45, 2.75) is 34.1 Å². The smallest absolute Gasteiger partial charge is 0.290 e. The van der Waals surface area contributed by atoms with E-state index in [-0.39, 0.29) is 6.47 Å². The second-order valence-electron chi connectivity index (χ2n) is 5.51. The van der Waals surface area contributed by atoms with Crippen LogP contribution in [0.4, 0.5) is 0 Å². The van der Waals surface area contributed by atoms with Gasteiger partial charge in [0.2, 0.25) is 0 Å². The summed E-state index contributed by atoms with van der Waals surface area (Å²) in [6, 6.07) is 7.94. The SMILES string of the molecule is CCc1sc(-c2ccc(OCC(C)C)c(C#N)c2)nc1C.O=CO. The molecular weight excluding hydrogens is 324 g/mol. The molecular formula is C18H22N2O3S. The van der Waals surface area contributed by atoms with Crippen LogP contribution in [0.1, 0.15) is 36.9 Å². The highest BCUT2D eigenvalue weighted by Crippen LogP contribution is 2.31. The number of carboxylic acid groups (broad SMARTS) is 1. The summed E-state index contributed by atoms with van der Waals surface area (Å²) >= 11 is 1.69. The zero-order valence-electron chi connectivity index (χ0n) is 14.4. The molecule has 1 aromatic heterocycles. The third-order valence-electron chi connectivity index (χ3n) is 3.13. The van der Waals surface area contributed by atoms with E-state index in [4.69, 9.17) is 14.6 Å². The third kappa shape index (κ3) is 5.36. The van der Waals surface area contributed by atoms with Gasteiger partial charge in [-0.15, -0.1) is 11.3 Å². The minimum absolute atomic E-state index is 0.250. The van der Waals surface area contributed by atoms with Gasteiger partial charge in [0.15, 0.2) is 0 Å². The van der Waals surface area contributed by atoms with Crippen LogP contribution in [-0.4, -0.2) is 23.2 Å². The molecule has 24 heavy (non-hydrogen) atoms. The van der Waals surface area contributed by atoms with Crippen LogP contribution in [0.15, 0.2) is 18.2 Å². The van der Waals surface area contributed by atoms with Crippen LogP contribution in [0.2, 0.25) is 0 Å². The first-order valence-corrected chi connectivity index (χ1v) is 8.49. The van der Waals surface area contributed by atoms with E-state index in [1.807, 2.05) is 25.1 Å². The van der Waals surface area contributed by atoms with Crippen molar-refractivity contribution in [3.05, 3.63) is 34.3 Å². The van der Waals surface area contributed by atoms with Crippen molar-refractivity contribution in [3.63, 3.8) is 0 Å². The van der Waals surface area contributed by atoms with Gasteiger partial charge in [-0.3, -0.25) is 4.79 Å². The maximum atomic E-state index is 9.31. The molecule has 0 radical (unpaired) electrons. The van der Waals surface area contributed by atoms with Crippen molar-refractivity contribution in [1.29, 1.82) is 5.26 Å². The van der Waals surface area contributed by atoms with Crippen molar-refractivity contribution in [3.8, 4) is 22.4 Å². The molecule has 0 atom stereocenters. The van der Waals surface area contributed by atoms with Crippen molar-refractivity contribution in [2.24, 2.45) is 5.92 Å². The summed E-state index contributed by atoms with van der Waals surface area (Å²) in [5, 5.41) is 17.2. The summed E-state index contributed by atoms with van der Waals surface area (Å²) in [7, 11) is 0. The monoisotopic (exact) mass is 346 g/mol. The number of hydrogen-bond donors (Lipinski definition) is 1. The summed E-state index contributed by atoms with van der Waals surface area (Å²) in [5.41, 5.74) is 2.63. The molecule has 0 saturated carbocycles. The number of aryl methyl sites for hydroxylation is 2. The average Bonchev–Trinajstić information content (AvgIpc) is 2.94. The number of ether oxygens (including phenoxy) is 1. The Kier molecular flexibility index (Phi) is 7.93. The van der Waals surface area contributed by atoms with Gasteiger partial charge in [0.1, 0.15) is 16.8 Å². The Morgan fingerprint density at radius 3 is 2.62 bits per heavy atom. The Labute approximate surface area is 146 Å². The normalized spacial score (nSPS) is 9.83. The maximum Gasteiger partial charge on any atom is 0.290 e. The van der Waals surface area contributed by atoms with Crippen LogP contribution in [0, 0.1) is 24.2 Å². The summed E-state index contributed by atoms with van der Waals surface area (Å²) in [6.07, 6.45) is 0.990. The summed E-state index contributed by atoms with van der Waals surface area (Å²) < 4.78 is 5.69. The number of rotatable bonds is 5. The fraction of sp³-hybridized carbons (Fsp3) is 0.389. The molecule has 1 N–H and O–H groups in total. The molecule has 6 heteroatoms. The largest absolute Gasteiger partial charge is 0.492 e. The van der Waals surface area contributed by atoms with Crippen LogP contribution in [-0.2, 0) is 11.2 Å². The van der Waals surface area contributed by atoms with Gasteiger partial charge in [0.25, 0.3) is 6.47 Å². The molecule has 0 fully saturated rings. The molecule has 0 saturated heterocycles. The van der Waals surface area contributed by atoms with Crippen molar-refractivity contribution < 1.29 is 14.6 Å². The van der Waals surface area contributed by atoms with Gasteiger partial charge in [-0.1, -0.05) is 20.8 Å². The topological polar surface area (TPSA) is 83.2 Å². The van der Waals surface area contributed by atoms with E-state index in [2.05, 4.69) is 31.8 Å². The lowest BCUT2D eigenvalue weighted by atomic mass is 10.1. The first kappa shape index (κ1) is 19.7.